The van der Waals surface area contributed by atoms with Gasteiger partial charge in [0.05, 0.1) is 12.3 Å². The zero-order valence-electron chi connectivity index (χ0n) is 16.1. The highest BCUT2D eigenvalue weighted by molar-refractivity contribution is 7.14. The van der Waals surface area contributed by atoms with E-state index >= 15 is 0 Å². The molecule has 1 N–H and O–H groups in total. The number of thiazole rings is 1. The maximum Gasteiger partial charge on any atom is 0.264 e. The predicted octanol–water partition coefficient (Wildman–Crippen LogP) is 5.18. The molecular formula is C22H24N2O3S. The molecule has 146 valence electrons. The fraction of sp³-hybridized carbons (Fsp3) is 0.273. The van der Waals surface area contributed by atoms with Crippen molar-refractivity contribution in [2.24, 2.45) is 0 Å². The van der Waals surface area contributed by atoms with Crippen molar-refractivity contribution >= 4 is 22.4 Å². The van der Waals surface area contributed by atoms with E-state index in [-0.39, 0.29) is 12.5 Å². The third-order valence-electron chi connectivity index (χ3n) is 4.05. The molecule has 28 heavy (non-hydrogen) atoms. The SMILES string of the molecule is CCCc1ccc(OCC(=O)Nc2nc(-c3ccccc3OCC)cs2)cc1. The molecule has 0 spiro atoms. The molecule has 0 saturated heterocycles. The number of nitrogens with one attached hydrogen (secondary N) is 1. The molecule has 0 aliphatic rings. The number of carbonyl (C=O) groups excluding carboxylic acids is 1. The average molecular weight is 397 g/mol. The van der Waals surface area contributed by atoms with Gasteiger partial charge in [0.1, 0.15) is 11.5 Å². The van der Waals surface area contributed by atoms with Crippen molar-refractivity contribution in [2.45, 2.75) is 26.7 Å². The first-order valence-electron chi connectivity index (χ1n) is 9.39. The van der Waals surface area contributed by atoms with Crippen molar-refractivity contribution in [2.75, 3.05) is 18.5 Å². The van der Waals surface area contributed by atoms with E-state index in [1.807, 2.05) is 60.8 Å². The summed E-state index contributed by atoms with van der Waals surface area (Å²) in [5.74, 6) is 1.22. The van der Waals surface area contributed by atoms with Crippen LogP contribution in [0.2, 0.25) is 0 Å². The van der Waals surface area contributed by atoms with Crippen molar-refractivity contribution in [3.05, 3.63) is 59.5 Å². The Bertz CT molecular complexity index is 906. The minimum atomic E-state index is -0.239. The van der Waals surface area contributed by atoms with Crippen LogP contribution in [0.25, 0.3) is 11.3 Å². The highest BCUT2D eigenvalue weighted by atomic mass is 32.1. The molecular weight excluding hydrogens is 372 g/mol. The van der Waals surface area contributed by atoms with Gasteiger partial charge >= 0.3 is 0 Å². The Labute approximate surface area is 169 Å². The first kappa shape index (κ1) is 19.9. The van der Waals surface area contributed by atoms with Gasteiger partial charge in [-0.15, -0.1) is 11.3 Å². The summed E-state index contributed by atoms with van der Waals surface area (Å²) >= 11 is 1.37. The van der Waals surface area contributed by atoms with E-state index in [1.165, 1.54) is 16.9 Å². The Balaban J connectivity index is 1.57. The van der Waals surface area contributed by atoms with Crippen LogP contribution < -0.4 is 14.8 Å². The molecule has 3 aromatic rings. The number of ether oxygens (including phenoxy) is 2. The van der Waals surface area contributed by atoms with Gasteiger partial charge < -0.3 is 9.47 Å². The zero-order chi connectivity index (χ0) is 19.8. The maximum absolute atomic E-state index is 12.2. The molecule has 2 aromatic carbocycles. The zero-order valence-corrected chi connectivity index (χ0v) is 16.9. The van der Waals surface area contributed by atoms with Gasteiger partial charge in [-0.2, -0.15) is 0 Å². The molecule has 0 unspecified atom stereocenters. The minimum absolute atomic E-state index is 0.0580. The minimum Gasteiger partial charge on any atom is -0.493 e. The van der Waals surface area contributed by atoms with Crippen molar-refractivity contribution in [1.29, 1.82) is 0 Å². The van der Waals surface area contributed by atoms with Crippen LogP contribution in [0.4, 0.5) is 5.13 Å². The van der Waals surface area contributed by atoms with Crippen LogP contribution in [0.1, 0.15) is 25.8 Å². The number of hydrogen-bond acceptors (Lipinski definition) is 5. The van der Waals surface area contributed by atoms with Crippen LogP contribution in [-0.4, -0.2) is 24.1 Å². The number of amides is 1. The van der Waals surface area contributed by atoms with Crippen molar-refractivity contribution in [1.82, 2.24) is 4.98 Å². The lowest BCUT2D eigenvalue weighted by Crippen LogP contribution is -2.20. The monoisotopic (exact) mass is 396 g/mol. The molecule has 5 nitrogen and oxygen atoms in total. The lowest BCUT2D eigenvalue weighted by Gasteiger charge is -2.08. The second kappa shape index (κ2) is 9.90. The Kier molecular flexibility index (Phi) is 7.03. The number of carbonyl (C=O) groups is 1. The molecule has 0 aliphatic carbocycles. The van der Waals surface area contributed by atoms with Crippen LogP contribution in [-0.2, 0) is 11.2 Å². The van der Waals surface area contributed by atoms with Gasteiger partial charge in [-0.1, -0.05) is 37.6 Å². The van der Waals surface area contributed by atoms with Gasteiger partial charge in [0.2, 0.25) is 0 Å². The average Bonchev–Trinajstić information content (AvgIpc) is 3.16. The van der Waals surface area contributed by atoms with Crippen LogP contribution in [0.5, 0.6) is 11.5 Å². The quantitative estimate of drug-likeness (QED) is 0.541. The highest BCUT2D eigenvalue weighted by Gasteiger charge is 2.12. The standard InChI is InChI=1S/C22H24N2O3S/c1-3-7-16-10-12-17(13-11-16)27-14-21(25)24-22-23-19(15-28-22)18-8-5-6-9-20(18)26-4-2/h5-6,8-13,15H,3-4,7,14H2,1-2H3,(H,23,24,25). The first-order chi connectivity index (χ1) is 13.7. The number of aromatic nitrogens is 1. The second-order valence-corrected chi connectivity index (χ2v) is 7.06. The Morgan fingerprint density at radius 1 is 1.07 bits per heavy atom. The highest BCUT2D eigenvalue weighted by Crippen LogP contribution is 2.32. The van der Waals surface area contributed by atoms with E-state index in [9.17, 15) is 4.79 Å². The number of anilines is 1. The Morgan fingerprint density at radius 3 is 2.61 bits per heavy atom. The molecule has 1 heterocycles. The lowest BCUT2D eigenvalue weighted by molar-refractivity contribution is -0.118. The van der Waals surface area contributed by atoms with Crippen molar-refractivity contribution in [3.63, 3.8) is 0 Å². The number of nitrogens with zero attached hydrogens (tertiary/aromatic N) is 1. The van der Waals surface area contributed by atoms with Crippen LogP contribution in [0.15, 0.2) is 53.9 Å². The van der Waals surface area contributed by atoms with E-state index in [4.69, 9.17) is 9.47 Å². The van der Waals surface area contributed by atoms with Crippen molar-refractivity contribution < 1.29 is 14.3 Å². The molecule has 3 rings (SSSR count). The smallest absolute Gasteiger partial charge is 0.264 e. The fourth-order valence-electron chi connectivity index (χ4n) is 2.76. The van der Waals surface area contributed by atoms with Gasteiger partial charge in [0.25, 0.3) is 5.91 Å². The van der Waals surface area contributed by atoms with Crippen LogP contribution >= 0.6 is 11.3 Å². The van der Waals surface area contributed by atoms with E-state index in [1.54, 1.807) is 0 Å². The first-order valence-corrected chi connectivity index (χ1v) is 10.3. The largest absolute Gasteiger partial charge is 0.493 e. The molecule has 1 amide bonds. The third-order valence-corrected chi connectivity index (χ3v) is 4.80. The number of para-hydroxylation sites is 1. The van der Waals surface area contributed by atoms with Gasteiger partial charge in [0.15, 0.2) is 11.7 Å². The van der Waals surface area contributed by atoms with E-state index in [0.717, 1.165) is 29.8 Å². The summed E-state index contributed by atoms with van der Waals surface area (Å²) in [5.41, 5.74) is 2.95. The fourth-order valence-corrected chi connectivity index (χ4v) is 3.49. The molecule has 0 bridgehead atoms. The van der Waals surface area contributed by atoms with Crippen molar-refractivity contribution in [3.8, 4) is 22.8 Å². The summed E-state index contributed by atoms with van der Waals surface area (Å²) in [7, 11) is 0. The Hall–Kier alpha value is -2.86. The molecule has 1 aromatic heterocycles. The number of rotatable bonds is 9. The number of benzene rings is 2. The summed E-state index contributed by atoms with van der Waals surface area (Å²) in [6.07, 6.45) is 2.15. The van der Waals surface area contributed by atoms with E-state index < -0.39 is 0 Å². The number of hydrogen-bond donors (Lipinski definition) is 1. The lowest BCUT2D eigenvalue weighted by atomic mass is 10.1. The van der Waals surface area contributed by atoms with E-state index in [0.29, 0.717) is 17.5 Å². The number of aryl methyl sites for hydroxylation is 1. The predicted molar refractivity (Wildman–Crippen MR) is 113 cm³/mol. The molecule has 6 heteroatoms. The molecule has 0 fully saturated rings. The Morgan fingerprint density at radius 2 is 1.86 bits per heavy atom. The van der Waals surface area contributed by atoms with Crippen LogP contribution in [0, 0.1) is 0 Å². The topological polar surface area (TPSA) is 60.5 Å². The van der Waals surface area contributed by atoms with Gasteiger partial charge in [-0.25, -0.2) is 4.98 Å². The molecule has 0 atom stereocenters. The molecule has 0 saturated carbocycles. The summed E-state index contributed by atoms with van der Waals surface area (Å²) in [6, 6.07) is 15.6. The summed E-state index contributed by atoms with van der Waals surface area (Å²) in [5, 5.41) is 5.23. The summed E-state index contributed by atoms with van der Waals surface area (Å²) in [6.45, 7) is 4.62. The normalized spacial score (nSPS) is 10.5. The maximum atomic E-state index is 12.2. The van der Waals surface area contributed by atoms with Gasteiger partial charge in [-0.05, 0) is 43.2 Å². The van der Waals surface area contributed by atoms with Crippen LogP contribution in [0.3, 0.4) is 0 Å². The third kappa shape index (κ3) is 5.33. The second-order valence-electron chi connectivity index (χ2n) is 6.20. The molecule has 0 aliphatic heterocycles. The summed E-state index contributed by atoms with van der Waals surface area (Å²) in [4.78, 5) is 16.7. The summed E-state index contributed by atoms with van der Waals surface area (Å²) < 4.78 is 11.2. The molecule has 0 radical (unpaired) electrons. The van der Waals surface area contributed by atoms with Gasteiger partial charge in [-0.3, -0.25) is 10.1 Å². The van der Waals surface area contributed by atoms with Gasteiger partial charge in [0, 0.05) is 10.9 Å². The van der Waals surface area contributed by atoms with E-state index in [2.05, 4.69) is 17.2 Å².